The largest absolute Gasteiger partial charge is 0.444 e. The van der Waals surface area contributed by atoms with Gasteiger partial charge in [-0.15, -0.1) is 0 Å². The van der Waals surface area contributed by atoms with Crippen molar-refractivity contribution in [2.45, 2.75) is 64.6 Å². The number of hydrogen-bond donors (Lipinski definition) is 2. The van der Waals surface area contributed by atoms with Crippen LogP contribution in [0, 0.1) is 0 Å². The Bertz CT molecular complexity index is 352. The highest BCUT2D eigenvalue weighted by molar-refractivity contribution is 5.79. The molecule has 0 radical (unpaired) electrons. The van der Waals surface area contributed by atoms with E-state index in [0.717, 1.165) is 19.3 Å². The van der Waals surface area contributed by atoms with Crippen LogP contribution in [0.5, 0.6) is 0 Å². The van der Waals surface area contributed by atoms with E-state index in [2.05, 4.69) is 5.32 Å². The summed E-state index contributed by atoms with van der Waals surface area (Å²) in [4.78, 5) is 25.0. The van der Waals surface area contributed by atoms with Crippen molar-refractivity contribution in [3.63, 3.8) is 0 Å². The molecule has 2 unspecified atom stereocenters. The van der Waals surface area contributed by atoms with E-state index in [1.165, 1.54) is 0 Å². The number of nitrogens with zero attached hydrogens (tertiary/aromatic N) is 1. The zero-order valence-corrected chi connectivity index (χ0v) is 12.9. The number of primary amides is 1. The molecule has 0 saturated carbocycles. The zero-order valence-electron chi connectivity index (χ0n) is 12.9. The summed E-state index contributed by atoms with van der Waals surface area (Å²) in [6.45, 7) is 8.56. The normalized spacial score (nSPS) is 21.4. The van der Waals surface area contributed by atoms with Gasteiger partial charge >= 0.3 is 6.09 Å². The maximum Gasteiger partial charge on any atom is 0.410 e. The number of likely N-dealkylation sites (tertiary alicyclic amines) is 1. The first-order chi connectivity index (χ1) is 9.20. The average Bonchev–Trinajstić information content (AvgIpc) is 2.34. The Kier molecular flexibility index (Phi) is 5.80. The fourth-order valence-corrected chi connectivity index (χ4v) is 2.19. The maximum absolute atomic E-state index is 12.2. The lowest BCUT2D eigenvalue weighted by molar-refractivity contribution is -0.119. The van der Waals surface area contributed by atoms with E-state index in [1.807, 2.05) is 20.8 Å². The molecule has 6 heteroatoms. The Morgan fingerprint density at radius 2 is 2.05 bits per heavy atom. The van der Waals surface area contributed by atoms with Crippen LogP contribution >= 0.6 is 0 Å². The molecule has 6 nitrogen and oxygen atoms in total. The van der Waals surface area contributed by atoms with Gasteiger partial charge in [0.2, 0.25) is 5.91 Å². The number of nitrogens with one attached hydrogen (secondary N) is 1. The Hall–Kier alpha value is -1.30. The summed E-state index contributed by atoms with van der Waals surface area (Å²) in [6.07, 6.45) is 2.70. The predicted octanol–water partition coefficient (Wildman–Crippen LogP) is 1.24. The fourth-order valence-electron chi connectivity index (χ4n) is 2.19. The van der Waals surface area contributed by atoms with Crippen molar-refractivity contribution in [1.82, 2.24) is 10.2 Å². The third-order valence-electron chi connectivity index (χ3n) is 3.34. The molecule has 1 heterocycles. The number of rotatable bonds is 4. The Labute approximate surface area is 121 Å². The number of nitrogens with two attached hydrogens (primary N) is 1. The van der Waals surface area contributed by atoms with Crippen molar-refractivity contribution in [1.29, 1.82) is 0 Å². The molecule has 20 heavy (non-hydrogen) atoms. The number of amides is 2. The first kappa shape index (κ1) is 16.8. The van der Waals surface area contributed by atoms with Crippen LogP contribution in [0.1, 0.15) is 47.0 Å². The van der Waals surface area contributed by atoms with Crippen LogP contribution < -0.4 is 11.1 Å². The van der Waals surface area contributed by atoms with Crippen LogP contribution in [0.4, 0.5) is 4.79 Å². The molecule has 1 aliphatic rings. The van der Waals surface area contributed by atoms with Crippen molar-refractivity contribution in [2.24, 2.45) is 5.73 Å². The van der Waals surface area contributed by atoms with E-state index in [1.54, 1.807) is 11.8 Å². The minimum atomic E-state index is -0.493. The standard InChI is InChI=1S/C14H27N3O3/c1-10(12(15)18)16-9-11-7-5-6-8-17(11)13(19)20-14(2,3)4/h10-11,16H,5-9H2,1-4H3,(H2,15,18). The minimum Gasteiger partial charge on any atom is -0.444 e. The number of carbonyl (C=O) groups is 2. The van der Waals surface area contributed by atoms with Gasteiger partial charge in [-0.2, -0.15) is 0 Å². The SMILES string of the molecule is CC(NCC1CCCCN1C(=O)OC(C)(C)C)C(N)=O. The molecule has 0 aliphatic carbocycles. The number of hydrogen-bond acceptors (Lipinski definition) is 4. The molecule has 1 fully saturated rings. The monoisotopic (exact) mass is 285 g/mol. The highest BCUT2D eigenvalue weighted by Crippen LogP contribution is 2.20. The summed E-state index contributed by atoms with van der Waals surface area (Å²) in [6, 6.07) is -0.335. The van der Waals surface area contributed by atoms with Gasteiger partial charge in [-0.1, -0.05) is 0 Å². The topological polar surface area (TPSA) is 84.7 Å². The molecule has 2 amide bonds. The lowest BCUT2D eigenvalue weighted by Gasteiger charge is -2.37. The van der Waals surface area contributed by atoms with E-state index in [9.17, 15) is 9.59 Å². The molecule has 1 rings (SSSR count). The van der Waals surface area contributed by atoms with E-state index in [0.29, 0.717) is 13.1 Å². The van der Waals surface area contributed by atoms with Crippen LogP contribution in [0.15, 0.2) is 0 Å². The second kappa shape index (κ2) is 6.92. The van der Waals surface area contributed by atoms with Crippen molar-refractivity contribution in [3.8, 4) is 0 Å². The van der Waals surface area contributed by atoms with Crippen LogP contribution in [-0.4, -0.2) is 47.7 Å². The third kappa shape index (κ3) is 5.36. The van der Waals surface area contributed by atoms with Gasteiger partial charge in [0.15, 0.2) is 0 Å². The van der Waals surface area contributed by atoms with Crippen LogP contribution in [0.3, 0.4) is 0 Å². The van der Waals surface area contributed by atoms with Gasteiger partial charge in [0.25, 0.3) is 0 Å². The molecule has 1 saturated heterocycles. The van der Waals surface area contributed by atoms with Gasteiger partial charge in [0.1, 0.15) is 5.60 Å². The van der Waals surface area contributed by atoms with Crippen LogP contribution in [-0.2, 0) is 9.53 Å². The summed E-state index contributed by atoms with van der Waals surface area (Å²) < 4.78 is 5.43. The second-order valence-electron chi connectivity index (χ2n) is 6.36. The van der Waals surface area contributed by atoms with Crippen molar-refractivity contribution in [2.75, 3.05) is 13.1 Å². The van der Waals surface area contributed by atoms with Gasteiger partial charge < -0.3 is 20.7 Å². The molecule has 0 aromatic carbocycles. The number of carbonyl (C=O) groups excluding carboxylic acids is 2. The average molecular weight is 285 g/mol. The van der Waals surface area contributed by atoms with Gasteiger partial charge in [-0.3, -0.25) is 4.79 Å². The van der Waals surface area contributed by atoms with Crippen molar-refractivity contribution in [3.05, 3.63) is 0 Å². The predicted molar refractivity (Wildman–Crippen MR) is 77.2 cm³/mol. The molecule has 0 aromatic rings. The first-order valence-electron chi connectivity index (χ1n) is 7.23. The van der Waals surface area contributed by atoms with Crippen molar-refractivity contribution >= 4 is 12.0 Å². The van der Waals surface area contributed by atoms with Gasteiger partial charge in [-0.05, 0) is 47.0 Å². The molecular weight excluding hydrogens is 258 g/mol. The Morgan fingerprint density at radius 1 is 1.40 bits per heavy atom. The molecule has 0 bridgehead atoms. The summed E-state index contributed by atoms with van der Waals surface area (Å²) in [5, 5.41) is 3.08. The first-order valence-corrected chi connectivity index (χ1v) is 7.23. The quantitative estimate of drug-likeness (QED) is 0.814. The van der Waals surface area contributed by atoms with Gasteiger partial charge in [0, 0.05) is 19.1 Å². The number of ether oxygens (including phenoxy) is 1. The highest BCUT2D eigenvalue weighted by atomic mass is 16.6. The lowest BCUT2D eigenvalue weighted by Crippen LogP contribution is -2.52. The minimum absolute atomic E-state index is 0.0559. The molecule has 2 atom stereocenters. The Balaban J connectivity index is 2.58. The fraction of sp³-hybridized carbons (Fsp3) is 0.857. The maximum atomic E-state index is 12.2. The van der Waals surface area contributed by atoms with Crippen LogP contribution in [0.25, 0.3) is 0 Å². The second-order valence-corrected chi connectivity index (χ2v) is 6.36. The van der Waals surface area contributed by atoms with Crippen molar-refractivity contribution < 1.29 is 14.3 Å². The van der Waals surface area contributed by atoms with Gasteiger partial charge in [0.05, 0.1) is 6.04 Å². The molecule has 1 aliphatic heterocycles. The molecular formula is C14H27N3O3. The zero-order chi connectivity index (χ0) is 15.3. The van der Waals surface area contributed by atoms with E-state index in [-0.39, 0.29) is 18.0 Å². The summed E-state index contributed by atoms with van der Waals surface area (Å²) in [5.74, 6) is -0.385. The molecule has 0 spiro atoms. The highest BCUT2D eigenvalue weighted by Gasteiger charge is 2.30. The van der Waals surface area contributed by atoms with Crippen LogP contribution in [0.2, 0.25) is 0 Å². The van der Waals surface area contributed by atoms with E-state index >= 15 is 0 Å². The molecule has 3 N–H and O–H groups in total. The Morgan fingerprint density at radius 3 is 2.60 bits per heavy atom. The molecule has 116 valence electrons. The van der Waals surface area contributed by atoms with Gasteiger partial charge in [-0.25, -0.2) is 4.79 Å². The summed E-state index contributed by atoms with van der Waals surface area (Å²) in [7, 11) is 0. The lowest BCUT2D eigenvalue weighted by atomic mass is 10.0. The third-order valence-corrected chi connectivity index (χ3v) is 3.34. The van der Waals surface area contributed by atoms with E-state index in [4.69, 9.17) is 10.5 Å². The summed E-state index contributed by atoms with van der Waals surface area (Å²) in [5.41, 5.74) is 4.73. The molecule has 0 aromatic heterocycles. The summed E-state index contributed by atoms with van der Waals surface area (Å²) >= 11 is 0. The van der Waals surface area contributed by atoms with E-state index < -0.39 is 11.6 Å². The smallest absolute Gasteiger partial charge is 0.410 e. The number of piperidine rings is 1.